The van der Waals surface area contributed by atoms with Gasteiger partial charge in [0, 0.05) is 0 Å². The van der Waals surface area contributed by atoms with Crippen LogP contribution in [-0.2, 0) is 0 Å². The van der Waals surface area contributed by atoms with Gasteiger partial charge < -0.3 is 4.18 Å². The molecule has 0 fully saturated rings. The molecule has 0 saturated carbocycles. The van der Waals surface area contributed by atoms with E-state index >= 15 is 0 Å². The van der Waals surface area contributed by atoms with E-state index in [1.54, 1.807) is 12.1 Å². The van der Waals surface area contributed by atoms with Crippen LogP contribution < -0.4 is 4.18 Å². The maximum absolute atomic E-state index is 11.5. The summed E-state index contributed by atoms with van der Waals surface area (Å²) in [5, 5.41) is 0. The molecule has 0 amide bonds. The normalized spacial score (nSPS) is 8.33. The monoisotopic (exact) mass is 188 g/mol. The SMILES string of the molecule is CC.Cc1ccc(OSF)cc1. The highest BCUT2D eigenvalue weighted by atomic mass is 32.2. The average Bonchev–Trinajstić information content (AvgIpc) is 2.13. The van der Waals surface area contributed by atoms with E-state index < -0.39 is 0 Å². The number of halogens is 1. The van der Waals surface area contributed by atoms with Crippen molar-refractivity contribution in [3.8, 4) is 5.75 Å². The van der Waals surface area contributed by atoms with E-state index in [-0.39, 0.29) is 12.4 Å². The fraction of sp³-hybridized carbons (Fsp3) is 0.333. The van der Waals surface area contributed by atoms with Gasteiger partial charge in [0.15, 0.2) is 0 Å². The molecule has 1 rings (SSSR count). The van der Waals surface area contributed by atoms with Gasteiger partial charge in [-0.25, -0.2) is 0 Å². The van der Waals surface area contributed by atoms with Crippen LogP contribution in [0.25, 0.3) is 0 Å². The summed E-state index contributed by atoms with van der Waals surface area (Å²) in [6.45, 7) is 5.96. The van der Waals surface area contributed by atoms with E-state index in [2.05, 4.69) is 4.18 Å². The van der Waals surface area contributed by atoms with E-state index in [1.165, 1.54) is 0 Å². The minimum absolute atomic E-state index is 0.139. The fourth-order valence-corrected chi connectivity index (χ4v) is 0.814. The first-order valence-corrected chi connectivity index (χ1v) is 4.49. The van der Waals surface area contributed by atoms with Crippen LogP contribution in [0.3, 0.4) is 0 Å². The predicted octanol–water partition coefficient (Wildman–Crippen LogP) is 3.93. The molecule has 0 aromatic heterocycles. The van der Waals surface area contributed by atoms with Crippen molar-refractivity contribution in [2.24, 2.45) is 0 Å². The fourth-order valence-electron chi connectivity index (χ4n) is 0.630. The molecular formula is C9H13FOS. The summed E-state index contributed by atoms with van der Waals surface area (Å²) in [5.74, 6) is 0.540. The second kappa shape index (κ2) is 6.98. The van der Waals surface area contributed by atoms with Gasteiger partial charge in [-0.3, -0.25) is 0 Å². The highest BCUT2D eigenvalue weighted by molar-refractivity contribution is 7.89. The molecule has 0 bridgehead atoms. The molecule has 1 nitrogen and oxygen atoms in total. The van der Waals surface area contributed by atoms with Gasteiger partial charge in [-0.05, 0) is 19.1 Å². The van der Waals surface area contributed by atoms with E-state index in [0.29, 0.717) is 5.75 Å². The second-order valence-electron chi connectivity index (χ2n) is 1.96. The van der Waals surface area contributed by atoms with Crippen molar-refractivity contribution in [3.63, 3.8) is 0 Å². The molecule has 0 heterocycles. The lowest BCUT2D eigenvalue weighted by Gasteiger charge is -1.96. The lowest BCUT2D eigenvalue weighted by atomic mass is 10.2. The number of benzene rings is 1. The molecule has 3 heteroatoms. The molecule has 0 aliphatic carbocycles. The zero-order valence-corrected chi connectivity index (χ0v) is 8.32. The molecule has 68 valence electrons. The molecule has 12 heavy (non-hydrogen) atoms. The third-order valence-corrected chi connectivity index (χ3v) is 1.40. The van der Waals surface area contributed by atoms with Crippen molar-refractivity contribution in [2.45, 2.75) is 20.8 Å². The number of hydrogen-bond acceptors (Lipinski definition) is 2. The van der Waals surface area contributed by atoms with Gasteiger partial charge >= 0.3 is 0 Å². The Balaban J connectivity index is 0.000000561. The number of hydrogen-bond donors (Lipinski definition) is 0. The average molecular weight is 188 g/mol. The van der Waals surface area contributed by atoms with Crippen LogP contribution in [0.2, 0.25) is 0 Å². The first-order chi connectivity index (χ1) is 5.83. The van der Waals surface area contributed by atoms with Gasteiger partial charge in [0.2, 0.25) is 0 Å². The summed E-state index contributed by atoms with van der Waals surface area (Å²) < 4.78 is 16.0. The lowest BCUT2D eigenvalue weighted by molar-refractivity contribution is 0.611. The van der Waals surface area contributed by atoms with E-state index in [9.17, 15) is 3.89 Å². The number of rotatable bonds is 2. The van der Waals surface area contributed by atoms with E-state index in [1.807, 2.05) is 32.9 Å². The highest BCUT2D eigenvalue weighted by Gasteiger charge is 1.91. The zero-order valence-electron chi connectivity index (χ0n) is 7.50. The number of aryl methyl sites for hydroxylation is 1. The zero-order chi connectivity index (χ0) is 9.40. The molecule has 0 saturated heterocycles. The lowest BCUT2D eigenvalue weighted by Crippen LogP contribution is -1.76. The molecule has 0 aliphatic heterocycles. The van der Waals surface area contributed by atoms with Crippen molar-refractivity contribution >= 4 is 12.4 Å². The van der Waals surface area contributed by atoms with Crippen LogP contribution in [-0.4, -0.2) is 0 Å². The summed E-state index contributed by atoms with van der Waals surface area (Å²) in [5.41, 5.74) is 1.14. The summed E-state index contributed by atoms with van der Waals surface area (Å²) in [7, 11) is 0. The van der Waals surface area contributed by atoms with Crippen LogP contribution >= 0.6 is 12.4 Å². The minimum atomic E-state index is -0.139. The van der Waals surface area contributed by atoms with Crippen LogP contribution in [0.4, 0.5) is 3.89 Å². The standard InChI is InChI=1S/C7H7FOS.C2H6/c1-6-2-4-7(5-3-6)9-10-8;1-2/h2-5H,1H3;1-2H3. The third kappa shape index (κ3) is 4.23. The van der Waals surface area contributed by atoms with E-state index in [4.69, 9.17) is 0 Å². The van der Waals surface area contributed by atoms with Gasteiger partial charge in [-0.1, -0.05) is 31.5 Å². The van der Waals surface area contributed by atoms with Crippen LogP contribution in [0.15, 0.2) is 24.3 Å². The Labute approximate surface area is 77.4 Å². The molecule has 0 spiro atoms. The topological polar surface area (TPSA) is 9.23 Å². The van der Waals surface area contributed by atoms with Gasteiger partial charge in [0.05, 0.1) is 0 Å². The molecule has 0 aliphatic rings. The molecule has 0 unspecified atom stereocenters. The largest absolute Gasteiger partial charge is 0.397 e. The van der Waals surface area contributed by atoms with Crippen molar-refractivity contribution in [1.82, 2.24) is 0 Å². The second-order valence-corrected chi connectivity index (χ2v) is 2.25. The van der Waals surface area contributed by atoms with Crippen molar-refractivity contribution in [3.05, 3.63) is 29.8 Å². The van der Waals surface area contributed by atoms with Crippen LogP contribution in [0, 0.1) is 6.92 Å². The van der Waals surface area contributed by atoms with Crippen molar-refractivity contribution in [1.29, 1.82) is 0 Å². The Bertz CT molecular complexity index is 198. The summed E-state index contributed by atoms with van der Waals surface area (Å²) in [6, 6.07) is 7.18. The van der Waals surface area contributed by atoms with Crippen molar-refractivity contribution in [2.75, 3.05) is 0 Å². The predicted molar refractivity (Wildman–Crippen MR) is 51.9 cm³/mol. The maximum Gasteiger partial charge on any atom is 0.272 e. The Morgan fingerprint density at radius 1 is 1.17 bits per heavy atom. The summed E-state index contributed by atoms with van der Waals surface area (Å²) in [6.07, 6.45) is 0. The molecule has 1 aromatic rings. The molecule has 1 aromatic carbocycles. The Morgan fingerprint density at radius 3 is 2.08 bits per heavy atom. The smallest absolute Gasteiger partial charge is 0.272 e. The van der Waals surface area contributed by atoms with Crippen LogP contribution in [0.5, 0.6) is 5.75 Å². The van der Waals surface area contributed by atoms with Gasteiger partial charge in [0.25, 0.3) is 12.4 Å². The molecule has 0 N–H and O–H groups in total. The Hall–Kier alpha value is -0.700. The quantitative estimate of drug-likeness (QED) is 0.650. The molecule has 0 radical (unpaired) electrons. The summed E-state index contributed by atoms with van der Waals surface area (Å²) in [4.78, 5) is 0. The first-order valence-electron chi connectivity index (χ1n) is 3.85. The van der Waals surface area contributed by atoms with Gasteiger partial charge in [-0.15, -0.1) is 3.89 Å². The minimum Gasteiger partial charge on any atom is -0.397 e. The summed E-state index contributed by atoms with van der Waals surface area (Å²) >= 11 is -0.139. The molecule has 0 atom stereocenters. The first kappa shape index (κ1) is 11.3. The van der Waals surface area contributed by atoms with Crippen LogP contribution in [0.1, 0.15) is 19.4 Å². The Kier molecular flexibility index (Phi) is 6.57. The van der Waals surface area contributed by atoms with Crippen molar-refractivity contribution < 1.29 is 8.07 Å². The highest BCUT2D eigenvalue weighted by Crippen LogP contribution is 2.16. The third-order valence-electron chi connectivity index (χ3n) is 1.15. The van der Waals surface area contributed by atoms with Gasteiger partial charge in [0.1, 0.15) is 5.75 Å². The van der Waals surface area contributed by atoms with Gasteiger partial charge in [-0.2, -0.15) is 0 Å². The Morgan fingerprint density at radius 2 is 1.67 bits per heavy atom. The van der Waals surface area contributed by atoms with E-state index in [0.717, 1.165) is 5.56 Å². The molecular weight excluding hydrogens is 175 g/mol. The maximum atomic E-state index is 11.5.